The number of carbonyl (C=O) groups excluding carboxylic acids is 1. The van der Waals surface area contributed by atoms with E-state index in [9.17, 15) is 4.79 Å². The van der Waals surface area contributed by atoms with Crippen molar-refractivity contribution in [3.05, 3.63) is 68.5 Å². The number of halogens is 1. The third-order valence-corrected chi connectivity index (χ3v) is 5.24. The SMILES string of the molecule is CCc1sc(C)nc1-c1ccc(C(=O)Nc2cccc(Br)c2)cc1. The average molecular weight is 401 g/mol. The topological polar surface area (TPSA) is 42.0 Å². The molecule has 1 aromatic heterocycles. The lowest BCUT2D eigenvalue weighted by atomic mass is 10.1. The van der Waals surface area contributed by atoms with Crippen molar-refractivity contribution in [2.24, 2.45) is 0 Å². The largest absolute Gasteiger partial charge is 0.322 e. The van der Waals surface area contributed by atoms with Crippen LogP contribution in [0.25, 0.3) is 11.3 Å². The summed E-state index contributed by atoms with van der Waals surface area (Å²) in [6, 6.07) is 15.2. The molecule has 122 valence electrons. The summed E-state index contributed by atoms with van der Waals surface area (Å²) in [5, 5.41) is 3.97. The molecule has 24 heavy (non-hydrogen) atoms. The van der Waals surface area contributed by atoms with Crippen LogP contribution in [0, 0.1) is 6.92 Å². The molecule has 0 fully saturated rings. The van der Waals surface area contributed by atoms with E-state index in [0.717, 1.165) is 32.8 Å². The molecule has 1 N–H and O–H groups in total. The molecular formula is C19H17BrN2OS. The Morgan fingerprint density at radius 3 is 2.62 bits per heavy atom. The van der Waals surface area contributed by atoms with E-state index in [-0.39, 0.29) is 5.91 Å². The maximum atomic E-state index is 12.4. The molecule has 1 amide bonds. The minimum atomic E-state index is -0.121. The fourth-order valence-electron chi connectivity index (χ4n) is 2.48. The van der Waals surface area contributed by atoms with Gasteiger partial charge in [0.25, 0.3) is 5.91 Å². The normalized spacial score (nSPS) is 10.6. The maximum absolute atomic E-state index is 12.4. The molecule has 3 nitrogen and oxygen atoms in total. The van der Waals surface area contributed by atoms with Crippen LogP contribution in [0.5, 0.6) is 0 Å². The monoisotopic (exact) mass is 400 g/mol. The highest BCUT2D eigenvalue weighted by atomic mass is 79.9. The van der Waals surface area contributed by atoms with Gasteiger partial charge in [-0.2, -0.15) is 0 Å². The van der Waals surface area contributed by atoms with E-state index in [1.807, 2.05) is 55.5 Å². The van der Waals surface area contributed by atoms with Crippen molar-refractivity contribution in [3.8, 4) is 11.3 Å². The van der Waals surface area contributed by atoms with E-state index < -0.39 is 0 Å². The van der Waals surface area contributed by atoms with Gasteiger partial charge in [0.2, 0.25) is 0 Å². The first-order valence-corrected chi connectivity index (χ1v) is 9.31. The Bertz CT molecular complexity index is 871. The maximum Gasteiger partial charge on any atom is 0.255 e. The molecular weight excluding hydrogens is 384 g/mol. The summed E-state index contributed by atoms with van der Waals surface area (Å²) < 4.78 is 0.932. The van der Waals surface area contributed by atoms with Gasteiger partial charge in [0, 0.05) is 26.2 Å². The van der Waals surface area contributed by atoms with Crippen molar-refractivity contribution in [1.82, 2.24) is 4.98 Å². The van der Waals surface area contributed by atoms with Crippen LogP contribution in [-0.4, -0.2) is 10.9 Å². The number of nitrogens with zero attached hydrogens (tertiary/aromatic N) is 1. The van der Waals surface area contributed by atoms with E-state index in [1.165, 1.54) is 4.88 Å². The number of amides is 1. The van der Waals surface area contributed by atoms with Gasteiger partial charge in [-0.1, -0.05) is 41.1 Å². The van der Waals surface area contributed by atoms with E-state index in [2.05, 4.69) is 33.2 Å². The number of thiazole rings is 1. The molecule has 0 aliphatic heterocycles. The lowest BCUT2D eigenvalue weighted by Gasteiger charge is -2.07. The Morgan fingerprint density at radius 2 is 1.96 bits per heavy atom. The molecule has 0 unspecified atom stereocenters. The van der Waals surface area contributed by atoms with Gasteiger partial charge in [-0.15, -0.1) is 11.3 Å². The van der Waals surface area contributed by atoms with Crippen LogP contribution in [0.2, 0.25) is 0 Å². The molecule has 3 aromatic rings. The third kappa shape index (κ3) is 3.74. The zero-order valence-corrected chi connectivity index (χ0v) is 15.9. The molecule has 3 rings (SSSR count). The minimum Gasteiger partial charge on any atom is -0.322 e. The fourth-order valence-corrected chi connectivity index (χ4v) is 3.78. The lowest BCUT2D eigenvalue weighted by molar-refractivity contribution is 0.102. The summed E-state index contributed by atoms with van der Waals surface area (Å²) in [6.45, 7) is 4.16. The number of hydrogen-bond donors (Lipinski definition) is 1. The molecule has 0 radical (unpaired) electrons. The minimum absolute atomic E-state index is 0.121. The smallest absolute Gasteiger partial charge is 0.255 e. The summed E-state index contributed by atoms with van der Waals surface area (Å²) >= 11 is 5.13. The number of aromatic nitrogens is 1. The molecule has 0 atom stereocenters. The summed E-state index contributed by atoms with van der Waals surface area (Å²) in [6.07, 6.45) is 0.964. The first-order chi connectivity index (χ1) is 11.6. The molecule has 0 aliphatic carbocycles. The van der Waals surface area contributed by atoms with Gasteiger partial charge in [0.05, 0.1) is 10.7 Å². The summed E-state index contributed by atoms with van der Waals surface area (Å²) in [5.74, 6) is -0.121. The number of benzene rings is 2. The van der Waals surface area contributed by atoms with E-state index in [1.54, 1.807) is 11.3 Å². The van der Waals surface area contributed by atoms with E-state index in [4.69, 9.17) is 0 Å². The Kier molecular flexibility index (Phi) is 5.11. The van der Waals surface area contributed by atoms with Crippen LogP contribution in [0.3, 0.4) is 0 Å². The van der Waals surface area contributed by atoms with Crippen LogP contribution in [0.4, 0.5) is 5.69 Å². The molecule has 1 heterocycles. The molecule has 0 spiro atoms. The summed E-state index contributed by atoms with van der Waals surface area (Å²) in [7, 11) is 0. The quantitative estimate of drug-likeness (QED) is 0.610. The first-order valence-electron chi connectivity index (χ1n) is 7.70. The molecule has 0 saturated heterocycles. The van der Waals surface area contributed by atoms with Crippen molar-refractivity contribution in [2.75, 3.05) is 5.32 Å². The highest BCUT2D eigenvalue weighted by molar-refractivity contribution is 9.10. The zero-order chi connectivity index (χ0) is 17.1. The number of rotatable bonds is 4. The third-order valence-electron chi connectivity index (χ3n) is 3.63. The summed E-state index contributed by atoms with van der Waals surface area (Å²) in [5.41, 5.74) is 3.47. The second-order valence-electron chi connectivity index (χ2n) is 5.40. The fraction of sp³-hybridized carbons (Fsp3) is 0.158. The highest BCUT2D eigenvalue weighted by Crippen LogP contribution is 2.28. The van der Waals surface area contributed by atoms with Gasteiger partial charge in [-0.25, -0.2) is 4.98 Å². The van der Waals surface area contributed by atoms with Gasteiger partial charge >= 0.3 is 0 Å². The second kappa shape index (κ2) is 7.28. The molecule has 0 aliphatic rings. The van der Waals surface area contributed by atoms with Gasteiger partial charge < -0.3 is 5.32 Å². The zero-order valence-electron chi connectivity index (χ0n) is 13.5. The van der Waals surface area contributed by atoms with Crippen LogP contribution in [-0.2, 0) is 6.42 Å². The molecule has 0 saturated carbocycles. The Morgan fingerprint density at radius 1 is 1.21 bits per heavy atom. The van der Waals surface area contributed by atoms with Gasteiger partial charge in [0.1, 0.15) is 0 Å². The number of hydrogen-bond acceptors (Lipinski definition) is 3. The van der Waals surface area contributed by atoms with Crippen molar-refractivity contribution >= 4 is 38.9 Å². The Balaban J connectivity index is 1.80. The summed E-state index contributed by atoms with van der Waals surface area (Å²) in [4.78, 5) is 18.3. The second-order valence-corrected chi connectivity index (χ2v) is 7.60. The van der Waals surface area contributed by atoms with Crippen molar-refractivity contribution in [3.63, 3.8) is 0 Å². The number of aryl methyl sites for hydroxylation is 2. The first kappa shape index (κ1) is 16.9. The molecule has 2 aromatic carbocycles. The van der Waals surface area contributed by atoms with E-state index >= 15 is 0 Å². The van der Waals surface area contributed by atoms with Gasteiger partial charge in [-0.3, -0.25) is 4.79 Å². The van der Waals surface area contributed by atoms with Gasteiger partial charge in [-0.05, 0) is 43.7 Å². The van der Waals surface area contributed by atoms with Crippen LogP contribution < -0.4 is 5.32 Å². The van der Waals surface area contributed by atoms with Crippen LogP contribution in [0.1, 0.15) is 27.2 Å². The number of anilines is 1. The highest BCUT2D eigenvalue weighted by Gasteiger charge is 2.11. The Labute approximate surface area is 153 Å². The predicted molar refractivity (Wildman–Crippen MR) is 104 cm³/mol. The predicted octanol–water partition coefficient (Wildman–Crippen LogP) is 5.70. The van der Waals surface area contributed by atoms with Crippen molar-refractivity contribution in [1.29, 1.82) is 0 Å². The number of nitrogens with one attached hydrogen (secondary N) is 1. The van der Waals surface area contributed by atoms with Gasteiger partial charge in [0.15, 0.2) is 0 Å². The van der Waals surface area contributed by atoms with Crippen LogP contribution in [0.15, 0.2) is 53.0 Å². The van der Waals surface area contributed by atoms with Crippen LogP contribution >= 0.6 is 27.3 Å². The van der Waals surface area contributed by atoms with E-state index in [0.29, 0.717) is 5.56 Å². The van der Waals surface area contributed by atoms with Crippen molar-refractivity contribution in [2.45, 2.75) is 20.3 Å². The average Bonchev–Trinajstić information content (AvgIpc) is 2.96. The lowest BCUT2D eigenvalue weighted by Crippen LogP contribution is -2.11. The number of carbonyl (C=O) groups is 1. The molecule has 0 bridgehead atoms. The molecule has 5 heteroatoms. The standard InChI is InChI=1S/C19H17BrN2OS/c1-3-17-18(21-12(2)24-17)13-7-9-14(10-8-13)19(23)22-16-6-4-5-15(20)11-16/h4-11H,3H2,1-2H3,(H,22,23). The Hall–Kier alpha value is -1.98. The van der Waals surface area contributed by atoms with Crippen molar-refractivity contribution < 1.29 is 4.79 Å².